The van der Waals surface area contributed by atoms with Crippen LogP contribution in [0.1, 0.15) is 72.1 Å². The molecule has 1 saturated heterocycles. The molecule has 2 bridgehead atoms. The first-order valence-electron chi connectivity index (χ1n) is 16.2. The molecule has 13 atom stereocenters. The Morgan fingerprint density at radius 2 is 1.64 bits per heavy atom. The van der Waals surface area contributed by atoms with Gasteiger partial charge in [0.25, 0.3) is 0 Å². The van der Waals surface area contributed by atoms with E-state index in [4.69, 9.17) is 18.4 Å². The van der Waals surface area contributed by atoms with Crippen LogP contribution in [0, 0.1) is 40.4 Å². The molecule has 0 aromatic carbocycles. The molecule has 5 aliphatic rings. The SMILES string of the molecule is C=C1[C@H]2CC[C@@H]3[C@@]4(C)C[C@H](O[C@@H]5O[C@H](CO)[C@@H](OS(=O)(=O)O)[C@H](OS(=O)(=O)O)[C@H]5OC(=O)CC(C)C)C[C@@H](C(=O)[O-])[C@@H]4CC[C@@]3(C2)[C@H]1O.[K+].[K+]. The first-order chi connectivity index (χ1) is 22.2. The van der Waals surface area contributed by atoms with Gasteiger partial charge in [-0.1, -0.05) is 27.4 Å². The van der Waals surface area contributed by atoms with Gasteiger partial charge in [-0.15, -0.1) is 0 Å². The summed E-state index contributed by atoms with van der Waals surface area (Å²) in [6.45, 7) is 8.46. The van der Waals surface area contributed by atoms with Crippen molar-refractivity contribution in [1.29, 1.82) is 0 Å². The van der Waals surface area contributed by atoms with Crippen LogP contribution < -0.4 is 108 Å². The van der Waals surface area contributed by atoms with Gasteiger partial charge in [-0.2, -0.15) is 16.8 Å². The number of aliphatic hydroxyl groups is 2. The quantitative estimate of drug-likeness (QED) is 0.0500. The number of fused-ring (bicyclic) bond motifs is 3. The number of carboxylic acids is 1. The summed E-state index contributed by atoms with van der Waals surface area (Å²) >= 11 is 0. The van der Waals surface area contributed by atoms with Crippen molar-refractivity contribution in [1.82, 2.24) is 0 Å². The summed E-state index contributed by atoms with van der Waals surface area (Å²) in [5, 5.41) is 34.2. The molecule has 50 heavy (non-hydrogen) atoms. The number of rotatable bonds is 11. The molecule has 5 fully saturated rings. The van der Waals surface area contributed by atoms with Crippen LogP contribution in [0.4, 0.5) is 0 Å². The fourth-order valence-corrected chi connectivity index (χ4v) is 10.8. The van der Waals surface area contributed by atoms with E-state index in [2.05, 4.69) is 10.8 Å². The third-order valence-electron chi connectivity index (χ3n) is 11.5. The van der Waals surface area contributed by atoms with Crippen LogP contribution in [0.5, 0.6) is 0 Å². The molecule has 1 spiro atoms. The van der Waals surface area contributed by atoms with Gasteiger partial charge in [0.05, 0.1) is 18.8 Å². The fourth-order valence-electron chi connectivity index (χ4n) is 9.81. The summed E-state index contributed by atoms with van der Waals surface area (Å²) in [4.78, 5) is 25.5. The molecule has 4 saturated carbocycles. The van der Waals surface area contributed by atoms with Gasteiger partial charge < -0.3 is 34.3 Å². The molecule has 4 aliphatic carbocycles. The molecular formula is C30H45K2O16S2+. The molecule has 274 valence electrons. The average Bonchev–Trinajstić information content (AvgIpc) is 3.12. The van der Waals surface area contributed by atoms with E-state index < -0.39 is 99.0 Å². The zero-order valence-corrected chi connectivity index (χ0v) is 36.9. The van der Waals surface area contributed by atoms with Gasteiger partial charge in [-0.25, -0.2) is 8.37 Å². The van der Waals surface area contributed by atoms with E-state index in [-0.39, 0.29) is 146 Å². The van der Waals surface area contributed by atoms with E-state index in [0.717, 1.165) is 24.8 Å². The van der Waals surface area contributed by atoms with E-state index in [1.165, 1.54) is 0 Å². The second-order valence-corrected chi connectivity index (χ2v) is 16.9. The van der Waals surface area contributed by atoms with Crippen LogP contribution in [-0.2, 0) is 53.0 Å². The van der Waals surface area contributed by atoms with Gasteiger partial charge in [0.1, 0.15) is 12.2 Å². The number of carboxylic acid groups (broad SMARTS) is 1. The molecule has 5 rings (SSSR count). The molecule has 0 radical (unpaired) electrons. The van der Waals surface area contributed by atoms with E-state index in [1.54, 1.807) is 13.8 Å². The number of hydrogen-bond acceptors (Lipinski definition) is 14. The molecule has 16 nitrogen and oxygen atoms in total. The standard InChI is InChI=1S/C30H46O16S2.2K/c1-14(2)9-22(32)44-25-24(46-48(39,40)41)23(45-47(36,37)38)20(13-31)43-28(25)42-17-10-18(27(34)35)19-7-8-30-11-16(15(3)26(30)33)5-6-21(30)29(19,4)12-17;;/h14,16-21,23-26,28,31,33H,3,5-13H2,1-2,4H3,(H,34,35)(H,36,37,38)(H,39,40,41);;/q;2*+1/p-1/t16-,17+,18+,19-,20+,21+,23+,24-,25+,26-,28+,29-,30-;;/m0../s1. The normalized spacial score (nSPS) is 41.3. The Bertz CT molecular complexity index is 1490. The third kappa shape index (κ3) is 9.55. The van der Waals surface area contributed by atoms with Crippen LogP contribution in [-0.4, -0.2) is 97.6 Å². The number of aliphatic carboxylic acids is 1. The number of esters is 1. The molecule has 0 unspecified atom stereocenters. The van der Waals surface area contributed by atoms with Crippen LogP contribution in [0.3, 0.4) is 0 Å². The molecule has 0 amide bonds. The van der Waals surface area contributed by atoms with Gasteiger partial charge in [0, 0.05) is 23.7 Å². The summed E-state index contributed by atoms with van der Waals surface area (Å²) in [5.41, 5.74) is -0.391. The molecular weight excluding hydrogens is 759 g/mol. The van der Waals surface area contributed by atoms with Crippen molar-refractivity contribution >= 4 is 32.7 Å². The van der Waals surface area contributed by atoms with Gasteiger partial charge in [-0.05, 0) is 79.6 Å². The largest absolute Gasteiger partial charge is 1.00 e. The predicted octanol–water partition coefficient (Wildman–Crippen LogP) is -5.66. The van der Waals surface area contributed by atoms with Gasteiger partial charge in [-0.3, -0.25) is 13.9 Å². The van der Waals surface area contributed by atoms with Crippen LogP contribution in [0.15, 0.2) is 12.2 Å². The van der Waals surface area contributed by atoms with Gasteiger partial charge >= 0.3 is 130 Å². The van der Waals surface area contributed by atoms with Crippen molar-refractivity contribution in [3.05, 3.63) is 12.2 Å². The molecule has 0 aromatic rings. The van der Waals surface area contributed by atoms with Crippen molar-refractivity contribution in [3.63, 3.8) is 0 Å². The maximum absolute atomic E-state index is 12.9. The fraction of sp³-hybridized carbons (Fsp3) is 0.867. The molecule has 1 aliphatic heterocycles. The predicted molar refractivity (Wildman–Crippen MR) is 160 cm³/mol. The number of ether oxygens (including phenoxy) is 3. The Kier molecular flexibility index (Phi) is 15.9. The Hall–Kier alpha value is 1.53. The molecule has 20 heteroatoms. The number of carbonyl (C=O) groups is 2. The zero-order chi connectivity index (χ0) is 35.6. The Balaban J connectivity index is 0.00000338. The van der Waals surface area contributed by atoms with E-state index in [0.29, 0.717) is 12.8 Å². The number of carbonyl (C=O) groups excluding carboxylic acids is 2. The topological polar surface area (TPSA) is 253 Å². The minimum absolute atomic E-state index is 0. The van der Waals surface area contributed by atoms with Crippen molar-refractivity contribution in [2.24, 2.45) is 40.4 Å². The monoisotopic (exact) mass is 803 g/mol. The van der Waals surface area contributed by atoms with Gasteiger partial charge in [0.2, 0.25) is 0 Å². The Morgan fingerprint density at radius 1 is 1.02 bits per heavy atom. The van der Waals surface area contributed by atoms with Crippen molar-refractivity contribution in [2.75, 3.05) is 6.61 Å². The van der Waals surface area contributed by atoms with Crippen LogP contribution in [0.25, 0.3) is 0 Å². The van der Waals surface area contributed by atoms with E-state index in [1.807, 2.05) is 6.92 Å². The minimum atomic E-state index is -5.42. The second kappa shape index (κ2) is 17.4. The van der Waals surface area contributed by atoms with Crippen molar-refractivity contribution < 1.29 is 176 Å². The maximum Gasteiger partial charge on any atom is 1.00 e. The van der Waals surface area contributed by atoms with E-state index in [9.17, 15) is 50.8 Å². The minimum Gasteiger partial charge on any atom is -0.550 e. The van der Waals surface area contributed by atoms with E-state index >= 15 is 0 Å². The third-order valence-corrected chi connectivity index (χ3v) is 12.4. The van der Waals surface area contributed by atoms with Crippen LogP contribution in [0.2, 0.25) is 0 Å². The Morgan fingerprint density at radius 3 is 2.20 bits per heavy atom. The molecule has 0 aromatic heterocycles. The van der Waals surface area contributed by atoms with Gasteiger partial charge in [0.15, 0.2) is 18.5 Å². The maximum atomic E-state index is 12.9. The first-order valence-corrected chi connectivity index (χ1v) is 18.9. The molecule has 4 N–H and O–H groups in total. The summed E-state index contributed by atoms with van der Waals surface area (Å²) in [5.74, 6) is -3.73. The average molecular weight is 804 g/mol. The number of aliphatic hydroxyl groups excluding tert-OH is 2. The first kappa shape index (κ1) is 45.9. The summed E-state index contributed by atoms with van der Waals surface area (Å²) in [7, 11) is -10.8. The van der Waals surface area contributed by atoms with Crippen molar-refractivity contribution in [2.45, 2.75) is 115 Å². The summed E-state index contributed by atoms with van der Waals surface area (Å²) in [6.07, 6.45) is -8.27. The smallest absolute Gasteiger partial charge is 0.550 e. The zero-order valence-electron chi connectivity index (χ0n) is 29.0. The van der Waals surface area contributed by atoms with Crippen LogP contribution >= 0.6 is 0 Å². The second-order valence-electron chi connectivity index (χ2n) is 14.8. The number of hydrogen-bond donors (Lipinski definition) is 4. The summed E-state index contributed by atoms with van der Waals surface area (Å²) < 4.78 is 93.3. The molecule has 1 heterocycles. The van der Waals surface area contributed by atoms with Crippen molar-refractivity contribution in [3.8, 4) is 0 Å². The summed E-state index contributed by atoms with van der Waals surface area (Å²) in [6, 6.07) is 0. The Labute approximate surface area is 377 Å².